The second-order valence-corrected chi connectivity index (χ2v) is 5.96. The van der Waals surface area contributed by atoms with Crippen molar-refractivity contribution in [2.24, 2.45) is 5.10 Å². The summed E-state index contributed by atoms with van der Waals surface area (Å²) in [4.78, 5) is 2.08. The number of hydrogen-bond donors (Lipinski definition) is 1. The van der Waals surface area contributed by atoms with E-state index in [1.807, 2.05) is 4.83 Å². The molecule has 0 saturated heterocycles. The molecular weight excluding hydrogens is 303 g/mol. The van der Waals surface area contributed by atoms with Gasteiger partial charge in [0.1, 0.15) is 5.82 Å². The van der Waals surface area contributed by atoms with E-state index in [0.717, 1.165) is 0 Å². The molecule has 0 heterocycles. The van der Waals surface area contributed by atoms with Crippen LogP contribution in [0.2, 0.25) is 5.02 Å². The van der Waals surface area contributed by atoms with Crippen molar-refractivity contribution in [1.82, 2.24) is 4.83 Å². The third kappa shape index (κ3) is 3.79. The van der Waals surface area contributed by atoms with Gasteiger partial charge in [0.25, 0.3) is 10.0 Å². The van der Waals surface area contributed by atoms with E-state index >= 15 is 0 Å². The fraction of sp³-hybridized carbons (Fsp3) is 0. The zero-order chi connectivity index (χ0) is 14.6. The van der Waals surface area contributed by atoms with Crippen molar-refractivity contribution in [3.63, 3.8) is 0 Å². The van der Waals surface area contributed by atoms with E-state index in [0.29, 0.717) is 10.6 Å². The lowest BCUT2D eigenvalue weighted by atomic mass is 10.2. The molecule has 2 aromatic rings. The Balaban J connectivity index is 2.11. The van der Waals surface area contributed by atoms with Crippen molar-refractivity contribution < 1.29 is 12.8 Å². The zero-order valence-corrected chi connectivity index (χ0v) is 11.7. The summed E-state index contributed by atoms with van der Waals surface area (Å²) in [6, 6.07) is 11.3. The fourth-order valence-corrected chi connectivity index (χ4v) is 2.34. The smallest absolute Gasteiger partial charge is 0.207 e. The highest BCUT2D eigenvalue weighted by molar-refractivity contribution is 7.89. The van der Waals surface area contributed by atoms with Crippen molar-refractivity contribution in [2.45, 2.75) is 4.90 Å². The maximum atomic E-state index is 12.9. The third-order valence-electron chi connectivity index (χ3n) is 2.36. The topological polar surface area (TPSA) is 58.5 Å². The van der Waals surface area contributed by atoms with E-state index in [1.165, 1.54) is 48.7 Å². The summed E-state index contributed by atoms with van der Waals surface area (Å²) in [5, 5.41) is 4.03. The third-order valence-corrected chi connectivity index (χ3v) is 3.85. The van der Waals surface area contributed by atoms with Crippen molar-refractivity contribution >= 4 is 27.8 Å². The van der Waals surface area contributed by atoms with Crippen LogP contribution in [0.5, 0.6) is 0 Å². The van der Waals surface area contributed by atoms with E-state index in [1.54, 1.807) is 6.07 Å². The molecule has 0 bridgehead atoms. The maximum Gasteiger partial charge on any atom is 0.276 e. The minimum absolute atomic E-state index is 0.0401. The molecule has 0 atom stereocenters. The van der Waals surface area contributed by atoms with E-state index in [2.05, 4.69) is 5.10 Å². The van der Waals surface area contributed by atoms with E-state index < -0.39 is 15.8 Å². The predicted molar refractivity (Wildman–Crippen MR) is 75.8 cm³/mol. The molecule has 7 heteroatoms. The lowest BCUT2D eigenvalue weighted by Crippen LogP contribution is -2.18. The number of nitrogens with zero attached hydrogens (tertiary/aromatic N) is 1. The van der Waals surface area contributed by atoms with Gasteiger partial charge in [-0.25, -0.2) is 9.22 Å². The number of rotatable bonds is 4. The Hall–Kier alpha value is -1.92. The van der Waals surface area contributed by atoms with Gasteiger partial charge in [0.15, 0.2) is 0 Å². The monoisotopic (exact) mass is 312 g/mol. The van der Waals surface area contributed by atoms with Gasteiger partial charge in [-0.1, -0.05) is 23.7 Å². The first-order valence-corrected chi connectivity index (χ1v) is 7.39. The summed E-state index contributed by atoms with van der Waals surface area (Å²) in [5.41, 5.74) is 0.448. The van der Waals surface area contributed by atoms with Gasteiger partial charge in [0.2, 0.25) is 0 Å². The first-order valence-electron chi connectivity index (χ1n) is 5.53. The average molecular weight is 313 g/mol. The molecule has 2 aromatic carbocycles. The molecule has 4 nitrogen and oxygen atoms in total. The lowest BCUT2D eigenvalue weighted by Gasteiger charge is -2.03. The Morgan fingerprint density at radius 2 is 1.85 bits per heavy atom. The summed E-state index contributed by atoms with van der Waals surface area (Å²) in [5.74, 6) is -0.422. The van der Waals surface area contributed by atoms with Crippen LogP contribution < -0.4 is 4.83 Å². The van der Waals surface area contributed by atoms with Crippen LogP contribution in [0.1, 0.15) is 5.56 Å². The fourth-order valence-electron chi connectivity index (χ4n) is 1.42. The molecule has 0 aliphatic heterocycles. The highest BCUT2D eigenvalue weighted by Crippen LogP contribution is 2.13. The largest absolute Gasteiger partial charge is 0.276 e. The SMILES string of the molecule is O=S(=O)(N/N=C\c1cccc(F)c1)c1ccc(Cl)cc1. The number of sulfonamides is 1. The van der Waals surface area contributed by atoms with Crippen molar-refractivity contribution in [2.75, 3.05) is 0 Å². The molecule has 0 unspecified atom stereocenters. The Morgan fingerprint density at radius 3 is 2.50 bits per heavy atom. The van der Waals surface area contributed by atoms with E-state index in [9.17, 15) is 12.8 Å². The number of hydrogen-bond acceptors (Lipinski definition) is 3. The quantitative estimate of drug-likeness (QED) is 0.697. The second kappa shape index (κ2) is 6.02. The molecule has 0 aliphatic carbocycles. The number of hydrazone groups is 1. The first kappa shape index (κ1) is 14.5. The Bertz CT molecular complexity index is 730. The molecule has 0 saturated carbocycles. The van der Waals surface area contributed by atoms with Crippen molar-refractivity contribution in [3.8, 4) is 0 Å². The summed E-state index contributed by atoms with van der Waals surface area (Å²) < 4.78 is 36.6. The van der Waals surface area contributed by atoms with Gasteiger partial charge in [-0.15, -0.1) is 0 Å². The van der Waals surface area contributed by atoms with E-state index in [-0.39, 0.29) is 4.90 Å². The summed E-state index contributed by atoms with van der Waals surface area (Å²) in [6.45, 7) is 0. The minimum atomic E-state index is -3.76. The zero-order valence-electron chi connectivity index (χ0n) is 10.1. The van der Waals surface area contributed by atoms with Gasteiger partial charge in [0.05, 0.1) is 11.1 Å². The van der Waals surface area contributed by atoms with Crippen LogP contribution in [0.4, 0.5) is 4.39 Å². The van der Waals surface area contributed by atoms with Gasteiger partial charge in [0, 0.05) is 5.02 Å². The molecule has 104 valence electrons. The molecule has 0 amide bonds. The van der Waals surface area contributed by atoms with Crippen molar-refractivity contribution in [1.29, 1.82) is 0 Å². The molecule has 0 aromatic heterocycles. The van der Waals surface area contributed by atoms with Gasteiger partial charge < -0.3 is 0 Å². The van der Waals surface area contributed by atoms with Crippen LogP contribution in [0.15, 0.2) is 58.5 Å². The molecule has 1 N–H and O–H groups in total. The highest BCUT2D eigenvalue weighted by atomic mass is 35.5. The minimum Gasteiger partial charge on any atom is -0.207 e. The molecule has 20 heavy (non-hydrogen) atoms. The number of halogens is 2. The van der Waals surface area contributed by atoms with Gasteiger partial charge >= 0.3 is 0 Å². The molecule has 0 spiro atoms. The predicted octanol–water partition coefficient (Wildman–Crippen LogP) is 2.79. The Morgan fingerprint density at radius 1 is 1.15 bits per heavy atom. The van der Waals surface area contributed by atoms with Gasteiger partial charge in [-0.05, 0) is 42.0 Å². The van der Waals surface area contributed by atoms with E-state index in [4.69, 9.17) is 11.6 Å². The first-order chi connectivity index (χ1) is 9.47. The van der Waals surface area contributed by atoms with Gasteiger partial charge in [-0.2, -0.15) is 13.5 Å². The highest BCUT2D eigenvalue weighted by Gasteiger charge is 2.11. The van der Waals surface area contributed by atoms with Crippen LogP contribution in [-0.4, -0.2) is 14.6 Å². The summed E-state index contributed by atoms with van der Waals surface area (Å²) in [7, 11) is -3.76. The van der Waals surface area contributed by atoms with Crippen LogP contribution in [0, 0.1) is 5.82 Å². The molecule has 0 aliphatic rings. The summed E-state index contributed by atoms with van der Waals surface area (Å²) in [6.07, 6.45) is 1.22. The maximum absolute atomic E-state index is 12.9. The van der Waals surface area contributed by atoms with Crippen LogP contribution >= 0.6 is 11.6 Å². The molecule has 2 rings (SSSR count). The Labute approximate surface area is 120 Å². The van der Waals surface area contributed by atoms with Crippen LogP contribution in [-0.2, 0) is 10.0 Å². The average Bonchev–Trinajstić information content (AvgIpc) is 2.39. The number of benzene rings is 2. The number of nitrogens with one attached hydrogen (secondary N) is 1. The standard InChI is InChI=1S/C13H10ClFN2O2S/c14-11-4-6-13(7-5-11)20(18,19)17-16-9-10-2-1-3-12(15)8-10/h1-9,17H/b16-9-. The van der Waals surface area contributed by atoms with Crippen LogP contribution in [0.3, 0.4) is 0 Å². The lowest BCUT2D eigenvalue weighted by molar-refractivity contribution is 0.584. The van der Waals surface area contributed by atoms with Gasteiger partial charge in [-0.3, -0.25) is 0 Å². The van der Waals surface area contributed by atoms with Crippen molar-refractivity contribution in [3.05, 3.63) is 64.9 Å². The summed E-state index contributed by atoms with van der Waals surface area (Å²) >= 11 is 5.68. The normalized spacial score (nSPS) is 11.7. The molecule has 0 fully saturated rings. The molecular formula is C13H10ClFN2O2S. The Kier molecular flexibility index (Phi) is 4.36. The van der Waals surface area contributed by atoms with Crippen LogP contribution in [0.25, 0.3) is 0 Å². The molecule has 0 radical (unpaired) electrons. The second-order valence-electron chi connectivity index (χ2n) is 3.86.